The molecule has 1 aromatic rings. The van der Waals surface area contributed by atoms with Crippen LogP contribution in [-0.2, 0) is 4.74 Å². The van der Waals surface area contributed by atoms with Crippen molar-refractivity contribution in [1.82, 2.24) is 5.32 Å². The second-order valence-electron chi connectivity index (χ2n) is 7.00. The minimum absolute atomic E-state index is 0.573. The van der Waals surface area contributed by atoms with E-state index < -0.39 is 0 Å². The number of nitrogens with zero attached hydrogens (tertiary/aromatic N) is 1. The number of fused-ring (bicyclic) bond motifs is 2. The second-order valence-corrected chi connectivity index (χ2v) is 7.40. The van der Waals surface area contributed by atoms with E-state index in [0.29, 0.717) is 6.04 Å². The molecule has 0 amide bonds. The third-order valence-electron chi connectivity index (χ3n) is 5.56. The van der Waals surface area contributed by atoms with Gasteiger partial charge in [0.05, 0.1) is 24.6 Å². The summed E-state index contributed by atoms with van der Waals surface area (Å²) in [6.07, 6.45) is 5.47. The molecule has 0 unspecified atom stereocenters. The number of para-hydroxylation sites is 2. The Hall–Kier alpha value is -1.33. The zero-order valence-corrected chi connectivity index (χ0v) is 14.3. The number of morpholine rings is 1. The molecule has 0 aromatic heterocycles. The molecule has 3 aliphatic rings. The van der Waals surface area contributed by atoms with Gasteiger partial charge in [-0.2, -0.15) is 0 Å². The maximum absolute atomic E-state index is 5.58. The zero-order chi connectivity index (χ0) is 15.6. The number of ether oxygens (including phenoxy) is 1. The van der Waals surface area contributed by atoms with Crippen molar-refractivity contribution in [3.05, 3.63) is 24.3 Å². The molecule has 3 fully saturated rings. The molecule has 124 valence electrons. The van der Waals surface area contributed by atoms with Gasteiger partial charge in [0.25, 0.3) is 0 Å². The van der Waals surface area contributed by atoms with Gasteiger partial charge in [-0.15, -0.1) is 0 Å². The molecule has 1 saturated heterocycles. The number of thiocarbonyl (C=S) groups is 1. The highest BCUT2D eigenvalue weighted by atomic mass is 32.1. The van der Waals surface area contributed by atoms with Crippen molar-refractivity contribution in [1.29, 1.82) is 0 Å². The van der Waals surface area contributed by atoms with E-state index in [1.807, 2.05) is 0 Å². The SMILES string of the molecule is S=C(Nc1ccccc1N1CCOCC1)N[C@@H]1C[C@H]2CC[C@H]1C2. The molecule has 2 aliphatic carbocycles. The molecule has 3 atom stereocenters. The third kappa shape index (κ3) is 3.31. The Morgan fingerprint density at radius 1 is 1.13 bits per heavy atom. The Balaban J connectivity index is 1.41. The fourth-order valence-corrected chi connectivity index (χ4v) is 4.67. The Morgan fingerprint density at radius 2 is 1.96 bits per heavy atom. The predicted octanol–water partition coefficient (Wildman–Crippen LogP) is 3.00. The fraction of sp³-hybridized carbons (Fsp3) is 0.611. The minimum Gasteiger partial charge on any atom is -0.378 e. The highest BCUT2D eigenvalue weighted by Gasteiger charge is 2.39. The van der Waals surface area contributed by atoms with Crippen LogP contribution in [0, 0.1) is 11.8 Å². The van der Waals surface area contributed by atoms with Gasteiger partial charge in [0.15, 0.2) is 5.11 Å². The van der Waals surface area contributed by atoms with Crippen molar-refractivity contribution in [2.45, 2.75) is 31.7 Å². The van der Waals surface area contributed by atoms with Crippen LogP contribution in [0.3, 0.4) is 0 Å². The van der Waals surface area contributed by atoms with E-state index in [2.05, 4.69) is 39.8 Å². The Labute approximate surface area is 143 Å². The standard InChI is InChI=1S/C18H25N3OS/c23-18(20-16-12-13-5-6-14(16)11-13)19-15-3-1-2-4-17(15)21-7-9-22-10-8-21/h1-4,13-14,16H,5-12H2,(H2,19,20,23)/t13-,14-,16+/m0/s1. The molecular weight excluding hydrogens is 306 g/mol. The maximum atomic E-state index is 5.58. The number of nitrogens with one attached hydrogen (secondary N) is 2. The van der Waals surface area contributed by atoms with Crippen LogP contribution in [0.5, 0.6) is 0 Å². The van der Waals surface area contributed by atoms with E-state index in [1.54, 1.807) is 0 Å². The van der Waals surface area contributed by atoms with Gasteiger partial charge in [0, 0.05) is 19.1 Å². The Morgan fingerprint density at radius 3 is 2.70 bits per heavy atom. The first-order valence-corrected chi connectivity index (χ1v) is 9.19. The molecular formula is C18H25N3OS. The lowest BCUT2D eigenvalue weighted by atomic mass is 9.95. The highest BCUT2D eigenvalue weighted by Crippen LogP contribution is 2.44. The van der Waals surface area contributed by atoms with Crippen LogP contribution in [0.4, 0.5) is 11.4 Å². The van der Waals surface area contributed by atoms with Crippen molar-refractivity contribution in [3.63, 3.8) is 0 Å². The number of hydrogen-bond donors (Lipinski definition) is 2. The largest absolute Gasteiger partial charge is 0.378 e. The van der Waals surface area contributed by atoms with Crippen molar-refractivity contribution in [3.8, 4) is 0 Å². The van der Waals surface area contributed by atoms with Gasteiger partial charge in [-0.3, -0.25) is 0 Å². The van der Waals surface area contributed by atoms with Crippen LogP contribution in [0.2, 0.25) is 0 Å². The van der Waals surface area contributed by atoms with Crippen molar-refractivity contribution < 1.29 is 4.74 Å². The average Bonchev–Trinajstić information content (AvgIpc) is 3.19. The van der Waals surface area contributed by atoms with Gasteiger partial charge in [-0.1, -0.05) is 18.6 Å². The molecule has 1 aromatic carbocycles. The first kappa shape index (κ1) is 15.2. The average molecular weight is 331 g/mol. The summed E-state index contributed by atoms with van der Waals surface area (Å²) in [5.41, 5.74) is 2.31. The number of rotatable bonds is 3. The predicted molar refractivity (Wildman–Crippen MR) is 98.1 cm³/mol. The smallest absolute Gasteiger partial charge is 0.171 e. The van der Waals surface area contributed by atoms with Gasteiger partial charge in [-0.25, -0.2) is 0 Å². The topological polar surface area (TPSA) is 36.5 Å². The van der Waals surface area contributed by atoms with Gasteiger partial charge in [-0.05, 0) is 55.4 Å². The van der Waals surface area contributed by atoms with Crippen molar-refractivity contribution in [2.24, 2.45) is 11.8 Å². The molecule has 0 spiro atoms. The van der Waals surface area contributed by atoms with E-state index in [0.717, 1.165) is 48.9 Å². The molecule has 5 heteroatoms. The first-order chi connectivity index (χ1) is 11.3. The molecule has 2 N–H and O–H groups in total. The number of hydrogen-bond acceptors (Lipinski definition) is 3. The van der Waals surface area contributed by atoms with E-state index in [-0.39, 0.29) is 0 Å². The molecule has 2 saturated carbocycles. The summed E-state index contributed by atoms with van der Waals surface area (Å²) >= 11 is 5.58. The van der Waals surface area contributed by atoms with Gasteiger partial charge in [0.2, 0.25) is 0 Å². The molecule has 1 aliphatic heterocycles. The third-order valence-corrected chi connectivity index (χ3v) is 5.78. The number of anilines is 2. The summed E-state index contributed by atoms with van der Waals surface area (Å²) in [5.74, 6) is 1.76. The van der Waals surface area contributed by atoms with Crippen molar-refractivity contribution in [2.75, 3.05) is 36.5 Å². The van der Waals surface area contributed by atoms with E-state index in [4.69, 9.17) is 17.0 Å². The monoisotopic (exact) mass is 331 g/mol. The van der Waals surface area contributed by atoms with E-state index in [9.17, 15) is 0 Å². The Bertz CT molecular complexity index is 573. The summed E-state index contributed by atoms with van der Waals surface area (Å²) < 4.78 is 5.46. The molecule has 23 heavy (non-hydrogen) atoms. The lowest BCUT2D eigenvalue weighted by Crippen LogP contribution is -2.41. The maximum Gasteiger partial charge on any atom is 0.171 e. The van der Waals surface area contributed by atoms with Gasteiger partial charge in [0.1, 0.15) is 0 Å². The van der Waals surface area contributed by atoms with Crippen LogP contribution in [0.25, 0.3) is 0 Å². The first-order valence-electron chi connectivity index (χ1n) is 8.79. The minimum atomic E-state index is 0.573. The second kappa shape index (κ2) is 6.65. The van der Waals surface area contributed by atoms with Crippen molar-refractivity contribution >= 4 is 28.7 Å². The van der Waals surface area contributed by atoms with Crippen LogP contribution >= 0.6 is 12.2 Å². The fourth-order valence-electron chi connectivity index (χ4n) is 4.41. The van der Waals surface area contributed by atoms with E-state index >= 15 is 0 Å². The highest BCUT2D eigenvalue weighted by molar-refractivity contribution is 7.80. The van der Waals surface area contributed by atoms with Crippen LogP contribution in [0.15, 0.2) is 24.3 Å². The molecule has 0 radical (unpaired) electrons. The van der Waals surface area contributed by atoms with Crippen LogP contribution in [-0.4, -0.2) is 37.5 Å². The normalized spacial score (nSPS) is 29.6. The van der Waals surface area contributed by atoms with Gasteiger partial charge >= 0.3 is 0 Å². The Kier molecular flexibility index (Phi) is 4.40. The summed E-state index contributed by atoms with van der Waals surface area (Å²) in [4.78, 5) is 2.37. The van der Waals surface area contributed by atoms with Gasteiger partial charge < -0.3 is 20.3 Å². The van der Waals surface area contributed by atoms with Crippen LogP contribution < -0.4 is 15.5 Å². The molecule has 4 nitrogen and oxygen atoms in total. The lowest BCUT2D eigenvalue weighted by Gasteiger charge is -2.31. The lowest BCUT2D eigenvalue weighted by molar-refractivity contribution is 0.123. The summed E-state index contributed by atoms with van der Waals surface area (Å²) in [6.45, 7) is 3.46. The summed E-state index contributed by atoms with van der Waals surface area (Å²) in [5, 5.41) is 7.76. The van der Waals surface area contributed by atoms with Crippen LogP contribution in [0.1, 0.15) is 25.7 Å². The zero-order valence-electron chi connectivity index (χ0n) is 13.5. The quantitative estimate of drug-likeness (QED) is 0.833. The summed E-state index contributed by atoms with van der Waals surface area (Å²) in [6, 6.07) is 8.99. The number of benzene rings is 1. The molecule has 2 bridgehead atoms. The summed E-state index contributed by atoms with van der Waals surface area (Å²) in [7, 11) is 0. The van der Waals surface area contributed by atoms with E-state index in [1.165, 1.54) is 31.4 Å². The molecule has 4 rings (SSSR count). The molecule has 1 heterocycles.